The molecule has 0 radical (unpaired) electrons. The van der Waals surface area contributed by atoms with E-state index in [2.05, 4.69) is 16.8 Å². The van der Waals surface area contributed by atoms with Gasteiger partial charge in [0.1, 0.15) is 5.82 Å². The molecule has 7 nitrogen and oxygen atoms in total. The monoisotopic (exact) mass is 549 g/mol. The Morgan fingerprint density at radius 3 is 2.58 bits per heavy atom. The summed E-state index contributed by atoms with van der Waals surface area (Å²) >= 11 is 0. The van der Waals surface area contributed by atoms with Crippen LogP contribution < -0.4 is 4.90 Å². The van der Waals surface area contributed by atoms with Crippen LogP contribution in [-0.4, -0.2) is 58.1 Å². The molecule has 0 unspecified atom stereocenters. The quantitative estimate of drug-likeness (QED) is 0.350. The van der Waals surface area contributed by atoms with Crippen molar-refractivity contribution in [2.75, 3.05) is 31.2 Å². The average molecular weight is 550 g/mol. The molecule has 4 heterocycles. The predicted molar refractivity (Wildman–Crippen MR) is 146 cm³/mol. The van der Waals surface area contributed by atoms with Crippen molar-refractivity contribution in [1.29, 1.82) is 0 Å². The Labute approximate surface area is 230 Å². The van der Waals surface area contributed by atoms with Crippen molar-refractivity contribution in [3.8, 4) is 11.4 Å². The summed E-state index contributed by atoms with van der Waals surface area (Å²) in [4.78, 5) is 31.1. The van der Waals surface area contributed by atoms with Gasteiger partial charge in [-0.1, -0.05) is 12.1 Å². The second kappa shape index (κ2) is 9.62. The highest BCUT2D eigenvalue weighted by Gasteiger charge is 2.42. The minimum Gasteiger partial charge on any atom is -0.377 e. The van der Waals surface area contributed by atoms with Crippen molar-refractivity contribution in [3.05, 3.63) is 77.1 Å². The first-order valence-corrected chi connectivity index (χ1v) is 13.4. The molecule has 1 amide bonds. The highest BCUT2D eigenvalue weighted by molar-refractivity contribution is 5.95. The summed E-state index contributed by atoms with van der Waals surface area (Å²) in [5.74, 6) is 1.08. The van der Waals surface area contributed by atoms with Crippen molar-refractivity contribution in [3.63, 3.8) is 0 Å². The Morgan fingerprint density at radius 1 is 1.07 bits per heavy atom. The maximum atomic E-state index is 13.7. The van der Waals surface area contributed by atoms with E-state index in [1.807, 2.05) is 44.3 Å². The SMILES string of the molecule is C[C@@H]1COCCN1c1nc(-c2cccc3[nH]ccc23)nc2c1CCN(C(=O)c1ccc(C(F)(F)F)cc1)C2(C)C. The lowest BCUT2D eigenvalue weighted by molar-refractivity contribution is -0.137. The lowest BCUT2D eigenvalue weighted by atomic mass is 9.86. The van der Waals surface area contributed by atoms with Crippen LogP contribution in [0.15, 0.2) is 54.7 Å². The van der Waals surface area contributed by atoms with Gasteiger partial charge in [-0.3, -0.25) is 4.79 Å². The number of carbonyl (C=O) groups excluding carboxylic acids is 1. The first kappa shape index (κ1) is 26.3. The highest BCUT2D eigenvalue weighted by Crippen LogP contribution is 2.41. The zero-order chi connectivity index (χ0) is 28.2. The molecule has 1 fully saturated rings. The van der Waals surface area contributed by atoms with Gasteiger partial charge < -0.3 is 19.5 Å². The van der Waals surface area contributed by atoms with E-state index in [4.69, 9.17) is 14.7 Å². The molecule has 0 saturated carbocycles. The Balaban J connectivity index is 1.46. The summed E-state index contributed by atoms with van der Waals surface area (Å²) in [6, 6.07) is 12.4. The van der Waals surface area contributed by atoms with Gasteiger partial charge in [0.2, 0.25) is 0 Å². The van der Waals surface area contributed by atoms with Crippen molar-refractivity contribution in [2.24, 2.45) is 0 Å². The number of aromatic nitrogens is 3. The van der Waals surface area contributed by atoms with Crippen LogP contribution in [0.3, 0.4) is 0 Å². The van der Waals surface area contributed by atoms with E-state index in [0.29, 0.717) is 38.5 Å². The molecule has 6 rings (SSSR count). The van der Waals surface area contributed by atoms with Crippen molar-refractivity contribution in [2.45, 2.75) is 44.9 Å². The van der Waals surface area contributed by atoms with Crippen LogP contribution in [0, 0.1) is 0 Å². The second-order valence-electron chi connectivity index (χ2n) is 10.9. The number of amides is 1. The number of halogens is 3. The Kier molecular flexibility index (Phi) is 6.33. The number of aromatic amines is 1. The molecule has 10 heteroatoms. The van der Waals surface area contributed by atoms with E-state index in [0.717, 1.165) is 45.7 Å². The van der Waals surface area contributed by atoms with E-state index < -0.39 is 17.3 Å². The molecular weight excluding hydrogens is 519 g/mol. The van der Waals surface area contributed by atoms with Crippen LogP contribution in [0.25, 0.3) is 22.3 Å². The largest absolute Gasteiger partial charge is 0.416 e. The standard InChI is InChI=1S/C30H30F3N5O2/c1-18-17-40-16-15-37(18)27-23-12-14-38(28(39)19-7-9-20(10-8-19)30(31,32)33)29(2,3)25(23)35-26(36-27)22-5-4-6-24-21(22)11-13-34-24/h4-11,13,18,34H,12,14-17H2,1-3H3/t18-/m1/s1. The fraction of sp³-hybridized carbons (Fsp3) is 0.367. The summed E-state index contributed by atoms with van der Waals surface area (Å²) in [7, 11) is 0. The van der Waals surface area contributed by atoms with Gasteiger partial charge in [0, 0.05) is 46.9 Å². The number of carbonyl (C=O) groups is 1. The van der Waals surface area contributed by atoms with Gasteiger partial charge in [0.25, 0.3) is 5.91 Å². The van der Waals surface area contributed by atoms with Gasteiger partial charge in [-0.25, -0.2) is 9.97 Å². The van der Waals surface area contributed by atoms with Gasteiger partial charge in [-0.2, -0.15) is 13.2 Å². The van der Waals surface area contributed by atoms with Crippen LogP contribution in [0.2, 0.25) is 0 Å². The first-order chi connectivity index (χ1) is 19.1. The third-order valence-corrected chi connectivity index (χ3v) is 8.00. The van der Waals surface area contributed by atoms with Crippen molar-refractivity contribution in [1.82, 2.24) is 19.9 Å². The van der Waals surface area contributed by atoms with Gasteiger partial charge >= 0.3 is 6.18 Å². The molecule has 0 spiro atoms. The molecule has 4 aromatic rings. The molecule has 2 aromatic carbocycles. The molecule has 0 aliphatic carbocycles. The summed E-state index contributed by atoms with van der Waals surface area (Å²) in [5, 5.41) is 0.995. The van der Waals surface area contributed by atoms with Crippen LogP contribution in [0.1, 0.15) is 48.0 Å². The normalized spacial score (nSPS) is 19.1. The van der Waals surface area contributed by atoms with E-state index in [1.54, 1.807) is 4.90 Å². The molecule has 208 valence electrons. The smallest absolute Gasteiger partial charge is 0.377 e. The van der Waals surface area contributed by atoms with Crippen molar-refractivity contribution < 1.29 is 22.7 Å². The lowest BCUT2D eigenvalue weighted by Gasteiger charge is -2.45. The summed E-state index contributed by atoms with van der Waals surface area (Å²) in [6.45, 7) is 8.24. The van der Waals surface area contributed by atoms with Gasteiger partial charge in [0.15, 0.2) is 5.82 Å². The number of nitrogens with one attached hydrogen (secondary N) is 1. The number of H-pyrrole nitrogens is 1. The van der Waals surface area contributed by atoms with Gasteiger partial charge in [0.05, 0.1) is 36.1 Å². The number of morpholine rings is 1. The zero-order valence-corrected chi connectivity index (χ0v) is 22.5. The third-order valence-electron chi connectivity index (χ3n) is 8.00. The van der Waals surface area contributed by atoms with Crippen LogP contribution in [0.4, 0.5) is 19.0 Å². The summed E-state index contributed by atoms with van der Waals surface area (Å²) in [5.41, 5.74) is 2.15. The third kappa shape index (κ3) is 4.40. The van der Waals surface area contributed by atoms with Crippen LogP contribution in [0.5, 0.6) is 0 Å². The fourth-order valence-electron chi connectivity index (χ4n) is 5.83. The number of benzene rings is 2. The summed E-state index contributed by atoms with van der Waals surface area (Å²) < 4.78 is 45.0. The van der Waals surface area contributed by atoms with E-state index in [1.165, 1.54) is 12.1 Å². The predicted octanol–water partition coefficient (Wildman–Crippen LogP) is 5.80. The molecule has 40 heavy (non-hydrogen) atoms. The van der Waals surface area contributed by atoms with Crippen molar-refractivity contribution >= 4 is 22.6 Å². The number of ether oxygens (including phenoxy) is 1. The molecule has 2 aromatic heterocycles. The first-order valence-electron chi connectivity index (χ1n) is 13.4. The zero-order valence-electron chi connectivity index (χ0n) is 22.5. The molecule has 2 aliphatic rings. The number of alkyl halides is 3. The second-order valence-corrected chi connectivity index (χ2v) is 10.9. The summed E-state index contributed by atoms with van der Waals surface area (Å²) in [6.07, 6.45) is -2.06. The molecule has 0 bridgehead atoms. The molecule has 1 N–H and O–H groups in total. The highest BCUT2D eigenvalue weighted by atomic mass is 19.4. The number of hydrogen-bond acceptors (Lipinski definition) is 5. The number of fused-ring (bicyclic) bond motifs is 2. The van der Waals surface area contributed by atoms with Gasteiger partial charge in [-0.05, 0) is 63.6 Å². The van der Waals surface area contributed by atoms with E-state index in [9.17, 15) is 18.0 Å². The fourth-order valence-corrected chi connectivity index (χ4v) is 5.83. The minimum absolute atomic E-state index is 0.110. The topological polar surface area (TPSA) is 74.3 Å². The molecule has 2 aliphatic heterocycles. The lowest BCUT2D eigenvalue weighted by Crippen LogP contribution is -2.52. The van der Waals surface area contributed by atoms with Gasteiger partial charge in [-0.15, -0.1) is 0 Å². The average Bonchev–Trinajstić information content (AvgIpc) is 3.42. The Morgan fingerprint density at radius 2 is 1.85 bits per heavy atom. The molecule has 1 atom stereocenters. The molecular formula is C30H30F3N5O2. The van der Waals surface area contributed by atoms with E-state index >= 15 is 0 Å². The number of anilines is 1. The maximum Gasteiger partial charge on any atom is 0.416 e. The number of hydrogen-bond donors (Lipinski definition) is 1. The van der Waals surface area contributed by atoms with E-state index in [-0.39, 0.29) is 17.5 Å². The number of rotatable bonds is 3. The minimum atomic E-state index is -4.46. The maximum absolute atomic E-state index is 13.7. The number of nitrogens with zero attached hydrogens (tertiary/aromatic N) is 4. The van der Waals surface area contributed by atoms with Crippen LogP contribution in [-0.2, 0) is 22.9 Å². The van der Waals surface area contributed by atoms with Crippen LogP contribution >= 0.6 is 0 Å². The Hall–Kier alpha value is -3.92. The Bertz CT molecular complexity index is 1580. The molecule has 1 saturated heterocycles.